The summed E-state index contributed by atoms with van der Waals surface area (Å²) in [4.78, 5) is 37.7. The second-order valence-corrected chi connectivity index (χ2v) is 17.4. The first kappa shape index (κ1) is 57.6. The molecule has 6 heteroatoms. The predicted octanol–water partition coefficient (Wildman–Crippen LogP) is 16.9. The first-order valence-corrected chi connectivity index (χ1v) is 26.0. The van der Waals surface area contributed by atoms with Gasteiger partial charge in [0.05, 0.1) is 0 Å². The average Bonchev–Trinajstić information content (AvgIpc) is 3.24. The molecule has 60 heavy (non-hydrogen) atoms. The van der Waals surface area contributed by atoms with E-state index in [2.05, 4.69) is 57.2 Å². The summed E-state index contributed by atoms with van der Waals surface area (Å²) < 4.78 is 16.7. The maximum atomic E-state index is 12.7. The van der Waals surface area contributed by atoms with E-state index in [4.69, 9.17) is 14.2 Å². The van der Waals surface area contributed by atoms with Crippen molar-refractivity contribution in [2.24, 2.45) is 0 Å². The van der Waals surface area contributed by atoms with Crippen LogP contribution in [0.15, 0.2) is 36.5 Å². The monoisotopic (exact) mass is 843 g/mol. The summed E-state index contributed by atoms with van der Waals surface area (Å²) in [5, 5.41) is 0. The molecule has 0 saturated heterocycles. The number of carbonyl (C=O) groups excluding carboxylic acids is 3. The van der Waals surface area contributed by atoms with E-state index in [0.717, 1.165) is 70.6 Å². The van der Waals surface area contributed by atoms with E-state index in [0.29, 0.717) is 19.3 Å². The molecule has 0 heterocycles. The van der Waals surface area contributed by atoms with Crippen molar-refractivity contribution in [1.29, 1.82) is 0 Å². The van der Waals surface area contributed by atoms with Crippen LogP contribution in [0.25, 0.3) is 0 Å². The summed E-state index contributed by atoms with van der Waals surface area (Å²) in [6, 6.07) is 0. The van der Waals surface area contributed by atoms with Gasteiger partial charge in [0.2, 0.25) is 0 Å². The Balaban J connectivity index is 4.18. The summed E-state index contributed by atoms with van der Waals surface area (Å²) in [5.74, 6) is -0.890. The van der Waals surface area contributed by atoms with Crippen molar-refractivity contribution >= 4 is 17.9 Å². The second-order valence-electron chi connectivity index (χ2n) is 17.4. The van der Waals surface area contributed by atoms with Gasteiger partial charge in [-0.3, -0.25) is 14.4 Å². The highest BCUT2D eigenvalue weighted by Gasteiger charge is 2.19. The molecule has 0 saturated carbocycles. The fourth-order valence-corrected chi connectivity index (χ4v) is 7.41. The summed E-state index contributed by atoms with van der Waals surface area (Å²) in [6.07, 6.45) is 57.2. The second kappa shape index (κ2) is 49.3. The zero-order valence-corrected chi connectivity index (χ0v) is 40.0. The standard InChI is InChI=1S/C54H98O6/c1-4-7-10-13-16-18-20-22-24-25-26-27-28-29-31-32-34-36-38-41-44-47-53(56)59-50-51(49-58-52(55)46-43-40-15-12-9-6-3)60-54(57)48-45-42-39-37-35-33-30-23-21-19-17-14-11-8-5-2/h20,22-23,25-26,30,51H,4-19,21,24,27-29,31-50H2,1-3H3/b22-20-,26-25-,30-23-. The van der Waals surface area contributed by atoms with Crippen LogP contribution in [0.2, 0.25) is 0 Å². The summed E-state index contributed by atoms with van der Waals surface area (Å²) in [7, 11) is 0. The van der Waals surface area contributed by atoms with Gasteiger partial charge in [0, 0.05) is 19.3 Å². The third-order valence-electron chi connectivity index (χ3n) is 11.4. The maximum absolute atomic E-state index is 12.7. The van der Waals surface area contributed by atoms with E-state index < -0.39 is 6.10 Å². The smallest absolute Gasteiger partial charge is 0.306 e. The minimum absolute atomic E-state index is 0.0757. The summed E-state index contributed by atoms with van der Waals surface area (Å²) in [6.45, 7) is 6.57. The Bertz CT molecular complexity index is 1020. The lowest BCUT2D eigenvalue weighted by atomic mass is 10.1. The van der Waals surface area contributed by atoms with Crippen molar-refractivity contribution in [2.75, 3.05) is 13.2 Å². The number of carbonyl (C=O) groups is 3. The van der Waals surface area contributed by atoms with Gasteiger partial charge in [-0.25, -0.2) is 0 Å². The molecular weight excluding hydrogens is 745 g/mol. The largest absolute Gasteiger partial charge is 0.462 e. The number of ether oxygens (including phenoxy) is 3. The average molecular weight is 843 g/mol. The molecule has 0 amide bonds. The molecule has 0 aromatic carbocycles. The van der Waals surface area contributed by atoms with E-state index in [-0.39, 0.29) is 31.1 Å². The Labute approximate surface area is 372 Å². The zero-order chi connectivity index (χ0) is 43.7. The predicted molar refractivity (Wildman–Crippen MR) is 256 cm³/mol. The number of esters is 3. The number of hydrogen-bond acceptors (Lipinski definition) is 6. The van der Waals surface area contributed by atoms with Crippen LogP contribution in [0.4, 0.5) is 0 Å². The number of allylic oxidation sites excluding steroid dienone is 6. The van der Waals surface area contributed by atoms with Gasteiger partial charge in [-0.1, -0.05) is 211 Å². The molecule has 0 N–H and O–H groups in total. The van der Waals surface area contributed by atoms with Crippen LogP contribution in [0.3, 0.4) is 0 Å². The highest BCUT2D eigenvalue weighted by atomic mass is 16.6. The molecule has 1 atom stereocenters. The van der Waals surface area contributed by atoms with Gasteiger partial charge >= 0.3 is 17.9 Å². The lowest BCUT2D eigenvalue weighted by Crippen LogP contribution is -2.30. The molecule has 0 aliphatic heterocycles. The van der Waals surface area contributed by atoms with Crippen molar-refractivity contribution < 1.29 is 28.6 Å². The molecule has 0 aliphatic carbocycles. The molecule has 350 valence electrons. The van der Waals surface area contributed by atoms with Gasteiger partial charge in [-0.15, -0.1) is 0 Å². The van der Waals surface area contributed by atoms with Gasteiger partial charge in [0.15, 0.2) is 6.10 Å². The zero-order valence-electron chi connectivity index (χ0n) is 40.0. The highest BCUT2D eigenvalue weighted by molar-refractivity contribution is 5.71. The lowest BCUT2D eigenvalue weighted by molar-refractivity contribution is -0.167. The first-order chi connectivity index (χ1) is 29.5. The van der Waals surface area contributed by atoms with E-state index in [9.17, 15) is 14.4 Å². The minimum Gasteiger partial charge on any atom is -0.462 e. The van der Waals surface area contributed by atoms with Crippen molar-refractivity contribution in [1.82, 2.24) is 0 Å². The maximum Gasteiger partial charge on any atom is 0.306 e. The van der Waals surface area contributed by atoms with Crippen LogP contribution in [-0.2, 0) is 28.6 Å². The van der Waals surface area contributed by atoms with E-state index in [1.54, 1.807) is 0 Å². The molecule has 0 aliphatic rings. The van der Waals surface area contributed by atoms with Crippen molar-refractivity contribution in [3.63, 3.8) is 0 Å². The molecule has 6 nitrogen and oxygen atoms in total. The first-order valence-electron chi connectivity index (χ1n) is 26.0. The molecule has 0 rings (SSSR count). The number of hydrogen-bond donors (Lipinski definition) is 0. The molecule has 0 radical (unpaired) electrons. The molecule has 0 bridgehead atoms. The lowest BCUT2D eigenvalue weighted by Gasteiger charge is -2.18. The van der Waals surface area contributed by atoms with Gasteiger partial charge in [0.1, 0.15) is 13.2 Å². The molecule has 0 aromatic rings. The van der Waals surface area contributed by atoms with Crippen LogP contribution in [0.1, 0.15) is 271 Å². The third kappa shape index (κ3) is 46.7. The van der Waals surface area contributed by atoms with Gasteiger partial charge in [-0.05, 0) is 77.0 Å². The summed E-state index contributed by atoms with van der Waals surface area (Å²) >= 11 is 0. The summed E-state index contributed by atoms with van der Waals surface area (Å²) in [5.41, 5.74) is 0. The quantitative estimate of drug-likeness (QED) is 0.0263. The molecule has 0 aromatic heterocycles. The Kier molecular flexibility index (Phi) is 47.3. The normalized spacial score (nSPS) is 12.2. The van der Waals surface area contributed by atoms with Crippen LogP contribution in [-0.4, -0.2) is 37.2 Å². The van der Waals surface area contributed by atoms with Crippen LogP contribution in [0.5, 0.6) is 0 Å². The van der Waals surface area contributed by atoms with E-state index in [1.807, 2.05) is 0 Å². The van der Waals surface area contributed by atoms with Crippen molar-refractivity contribution in [3.05, 3.63) is 36.5 Å². The fraction of sp³-hybridized carbons (Fsp3) is 0.833. The molecule has 0 spiro atoms. The van der Waals surface area contributed by atoms with E-state index in [1.165, 1.54) is 161 Å². The molecule has 1 unspecified atom stereocenters. The van der Waals surface area contributed by atoms with Crippen LogP contribution in [0, 0.1) is 0 Å². The van der Waals surface area contributed by atoms with Crippen LogP contribution < -0.4 is 0 Å². The van der Waals surface area contributed by atoms with Crippen LogP contribution >= 0.6 is 0 Å². The number of rotatable bonds is 47. The van der Waals surface area contributed by atoms with Gasteiger partial charge in [-0.2, -0.15) is 0 Å². The topological polar surface area (TPSA) is 78.9 Å². The third-order valence-corrected chi connectivity index (χ3v) is 11.4. The Morgan fingerprint density at radius 1 is 0.333 bits per heavy atom. The minimum atomic E-state index is -0.772. The Morgan fingerprint density at radius 2 is 0.600 bits per heavy atom. The number of unbranched alkanes of at least 4 members (excludes halogenated alkanes) is 30. The highest BCUT2D eigenvalue weighted by Crippen LogP contribution is 2.15. The van der Waals surface area contributed by atoms with E-state index >= 15 is 0 Å². The van der Waals surface area contributed by atoms with Crippen molar-refractivity contribution in [2.45, 2.75) is 277 Å². The van der Waals surface area contributed by atoms with Crippen molar-refractivity contribution in [3.8, 4) is 0 Å². The molecular formula is C54H98O6. The Hall–Kier alpha value is -2.37. The Morgan fingerprint density at radius 3 is 0.933 bits per heavy atom. The SMILES string of the molecule is CCCCCCC/C=C\C/C=C\CCCCCCCCCCCC(=O)OCC(COC(=O)CCCCCCCC)OC(=O)CCCCCCC/C=C\CCCCCCCC. The van der Waals surface area contributed by atoms with Gasteiger partial charge in [0.25, 0.3) is 0 Å². The fourth-order valence-electron chi connectivity index (χ4n) is 7.41. The van der Waals surface area contributed by atoms with Gasteiger partial charge < -0.3 is 14.2 Å². The molecule has 0 fully saturated rings.